The Hall–Kier alpha value is -2.29. The first-order valence-corrected chi connectivity index (χ1v) is 9.87. The number of nitrogens with one attached hydrogen (secondary N) is 1. The zero-order valence-electron chi connectivity index (χ0n) is 15.4. The Labute approximate surface area is 153 Å². The van der Waals surface area contributed by atoms with Gasteiger partial charge in [0.1, 0.15) is 5.60 Å². The highest BCUT2D eigenvalue weighted by molar-refractivity contribution is 7.92. The molecule has 1 aromatic carbocycles. The van der Waals surface area contributed by atoms with Crippen LogP contribution in [-0.2, 0) is 30.7 Å². The largest absolute Gasteiger partial charge is 0.469 e. The fraction of sp³-hybridized carbons (Fsp3) is 0.529. The molecule has 0 spiro atoms. The Morgan fingerprint density at radius 3 is 2.58 bits per heavy atom. The summed E-state index contributed by atoms with van der Waals surface area (Å²) < 4.78 is 36.7. The summed E-state index contributed by atoms with van der Waals surface area (Å²) in [6.07, 6.45) is -0.197. The zero-order chi connectivity index (χ0) is 19.5. The third-order valence-electron chi connectivity index (χ3n) is 3.71. The Bertz CT molecular complexity index is 798. The summed E-state index contributed by atoms with van der Waals surface area (Å²) in [6.45, 7) is 5.76. The number of carbonyl (C=O) groups excluding carboxylic acids is 2. The SMILES string of the molecule is COC(=O)CCS(=O)(=O)Nc1cccc2c1CCN2C(=O)OC(C)(C)C. The lowest BCUT2D eigenvalue weighted by Gasteiger charge is -2.25. The van der Waals surface area contributed by atoms with Crippen LogP contribution in [-0.4, -0.2) is 45.5 Å². The van der Waals surface area contributed by atoms with E-state index in [4.69, 9.17) is 4.74 Å². The summed E-state index contributed by atoms with van der Waals surface area (Å²) in [5, 5.41) is 0. The van der Waals surface area contributed by atoms with E-state index in [2.05, 4.69) is 9.46 Å². The number of benzene rings is 1. The van der Waals surface area contributed by atoms with Gasteiger partial charge in [-0.1, -0.05) is 6.07 Å². The number of ether oxygens (including phenoxy) is 2. The number of amides is 1. The van der Waals surface area contributed by atoms with E-state index in [1.807, 2.05) is 0 Å². The number of carbonyl (C=O) groups is 2. The van der Waals surface area contributed by atoms with Crippen molar-refractivity contribution >= 4 is 33.5 Å². The zero-order valence-corrected chi connectivity index (χ0v) is 16.2. The summed E-state index contributed by atoms with van der Waals surface area (Å²) >= 11 is 0. The summed E-state index contributed by atoms with van der Waals surface area (Å²) in [5.74, 6) is -0.969. The van der Waals surface area contributed by atoms with Crippen molar-refractivity contribution in [1.82, 2.24) is 0 Å². The number of rotatable bonds is 5. The molecule has 0 saturated carbocycles. The lowest BCUT2D eigenvalue weighted by atomic mass is 10.1. The second-order valence-corrected chi connectivity index (χ2v) is 8.77. The summed E-state index contributed by atoms with van der Waals surface area (Å²) in [6, 6.07) is 5.05. The maximum atomic E-state index is 12.3. The fourth-order valence-electron chi connectivity index (χ4n) is 2.57. The van der Waals surface area contributed by atoms with Crippen molar-refractivity contribution < 1.29 is 27.5 Å². The monoisotopic (exact) mass is 384 g/mol. The normalized spacial score (nSPS) is 13.9. The predicted octanol–water partition coefficient (Wildman–Crippen LogP) is 2.29. The number of methoxy groups -OCH3 is 1. The molecule has 1 heterocycles. The van der Waals surface area contributed by atoms with E-state index in [0.29, 0.717) is 24.3 Å². The number of anilines is 2. The standard InChI is InChI=1S/C17H24N2O6S/c1-17(2,3)25-16(21)19-10-8-12-13(6-5-7-14(12)19)18-26(22,23)11-9-15(20)24-4/h5-7,18H,8-11H2,1-4H3. The van der Waals surface area contributed by atoms with Crippen LogP contribution < -0.4 is 9.62 Å². The van der Waals surface area contributed by atoms with E-state index in [-0.39, 0.29) is 12.2 Å². The Morgan fingerprint density at radius 1 is 1.27 bits per heavy atom. The van der Waals surface area contributed by atoms with Crippen LogP contribution in [0.5, 0.6) is 0 Å². The molecule has 144 valence electrons. The van der Waals surface area contributed by atoms with Crippen LogP contribution in [0.4, 0.5) is 16.2 Å². The second-order valence-electron chi connectivity index (χ2n) is 6.93. The van der Waals surface area contributed by atoms with Crippen molar-refractivity contribution in [3.05, 3.63) is 23.8 Å². The first-order chi connectivity index (χ1) is 12.0. The molecular formula is C17H24N2O6S. The smallest absolute Gasteiger partial charge is 0.414 e. The molecule has 0 aliphatic carbocycles. The lowest BCUT2D eigenvalue weighted by Crippen LogP contribution is -2.35. The molecule has 0 atom stereocenters. The molecule has 1 amide bonds. The molecule has 26 heavy (non-hydrogen) atoms. The molecule has 1 aliphatic heterocycles. The van der Waals surface area contributed by atoms with Gasteiger partial charge in [-0.05, 0) is 39.3 Å². The van der Waals surface area contributed by atoms with Crippen molar-refractivity contribution in [1.29, 1.82) is 0 Å². The van der Waals surface area contributed by atoms with Crippen LogP contribution in [0.1, 0.15) is 32.8 Å². The lowest BCUT2D eigenvalue weighted by molar-refractivity contribution is -0.140. The van der Waals surface area contributed by atoms with E-state index in [1.54, 1.807) is 39.0 Å². The van der Waals surface area contributed by atoms with Gasteiger partial charge in [-0.25, -0.2) is 13.2 Å². The highest BCUT2D eigenvalue weighted by atomic mass is 32.2. The third kappa shape index (κ3) is 5.10. The molecule has 0 fully saturated rings. The Kier molecular flexibility index (Phi) is 5.80. The second kappa shape index (κ2) is 7.53. The van der Waals surface area contributed by atoms with Crippen LogP contribution in [0, 0.1) is 0 Å². The van der Waals surface area contributed by atoms with Gasteiger partial charge in [-0.3, -0.25) is 14.4 Å². The Balaban J connectivity index is 2.17. The first kappa shape index (κ1) is 20.0. The molecule has 8 nitrogen and oxygen atoms in total. The summed E-state index contributed by atoms with van der Waals surface area (Å²) in [7, 11) is -2.51. The van der Waals surface area contributed by atoms with Gasteiger partial charge < -0.3 is 9.47 Å². The molecule has 9 heteroatoms. The topological polar surface area (TPSA) is 102 Å². The number of hydrogen-bond donors (Lipinski definition) is 1. The molecule has 0 saturated heterocycles. The van der Waals surface area contributed by atoms with E-state index < -0.39 is 27.7 Å². The van der Waals surface area contributed by atoms with Crippen molar-refractivity contribution in [3.63, 3.8) is 0 Å². The molecule has 1 aromatic rings. The van der Waals surface area contributed by atoms with Gasteiger partial charge in [0.15, 0.2) is 0 Å². The summed E-state index contributed by atoms with van der Waals surface area (Å²) in [5.41, 5.74) is 1.12. The average molecular weight is 384 g/mol. The van der Waals surface area contributed by atoms with Gasteiger partial charge in [0.25, 0.3) is 0 Å². The van der Waals surface area contributed by atoms with Gasteiger partial charge in [-0.2, -0.15) is 0 Å². The van der Waals surface area contributed by atoms with Gasteiger partial charge in [0.05, 0.1) is 30.7 Å². The van der Waals surface area contributed by atoms with Crippen molar-refractivity contribution in [3.8, 4) is 0 Å². The van der Waals surface area contributed by atoms with Crippen molar-refractivity contribution in [2.24, 2.45) is 0 Å². The number of sulfonamides is 1. The fourth-order valence-corrected chi connectivity index (χ4v) is 3.64. The third-order valence-corrected chi connectivity index (χ3v) is 4.98. The molecule has 0 aromatic heterocycles. The van der Waals surface area contributed by atoms with E-state index in [1.165, 1.54) is 12.0 Å². The van der Waals surface area contributed by atoms with E-state index >= 15 is 0 Å². The highest BCUT2D eigenvalue weighted by Crippen LogP contribution is 2.35. The first-order valence-electron chi connectivity index (χ1n) is 8.22. The predicted molar refractivity (Wildman–Crippen MR) is 97.8 cm³/mol. The molecule has 1 aliphatic rings. The van der Waals surface area contributed by atoms with Crippen LogP contribution >= 0.6 is 0 Å². The Morgan fingerprint density at radius 2 is 1.96 bits per heavy atom. The minimum atomic E-state index is -3.71. The number of esters is 1. The highest BCUT2D eigenvalue weighted by Gasteiger charge is 2.30. The molecule has 2 rings (SSSR count). The van der Waals surface area contributed by atoms with Crippen molar-refractivity contribution in [2.45, 2.75) is 39.2 Å². The van der Waals surface area contributed by atoms with Gasteiger partial charge in [0.2, 0.25) is 10.0 Å². The number of fused-ring (bicyclic) bond motifs is 1. The average Bonchev–Trinajstić information content (AvgIpc) is 2.96. The molecular weight excluding hydrogens is 360 g/mol. The van der Waals surface area contributed by atoms with Gasteiger partial charge in [0, 0.05) is 12.1 Å². The van der Waals surface area contributed by atoms with Crippen LogP contribution in [0.25, 0.3) is 0 Å². The van der Waals surface area contributed by atoms with Crippen LogP contribution in [0.15, 0.2) is 18.2 Å². The molecule has 0 unspecified atom stereocenters. The molecule has 0 bridgehead atoms. The van der Waals surface area contributed by atoms with E-state index in [9.17, 15) is 18.0 Å². The molecule has 1 N–H and O–H groups in total. The van der Waals surface area contributed by atoms with Crippen molar-refractivity contribution in [2.75, 3.05) is 29.0 Å². The maximum Gasteiger partial charge on any atom is 0.414 e. The minimum Gasteiger partial charge on any atom is -0.469 e. The maximum absolute atomic E-state index is 12.3. The van der Waals surface area contributed by atoms with E-state index in [0.717, 1.165) is 5.56 Å². The summed E-state index contributed by atoms with van der Waals surface area (Å²) in [4.78, 5) is 25.0. The quantitative estimate of drug-likeness (QED) is 0.782. The van der Waals surface area contributed by atoms with Crippen LogP contribution in [0.2, 0.25) is 0 Å². The number of hydrogen-bond acceptors (Lipinski definition) is 6. The minimum absolute atomic E-state index is 0.231. The van der Waals surface area contributed by atoms with Gasteiger partial charge in [-0.15, -0.1) is 0 Å². The van der Waals surface area contributed by atoms with Crippen LogP contribution in [0.3, 0.4) is 0 Å². The number of nitrogens with zero attached hydrogens (tertiary/aromatic N) is 1. The molecule has 0 radical (unpaired) electrons. The van der Waals surface area contributed by atoms with Gasteiger partial charge >= 0.3 is 12.1 Å².